The first-order valence-corrected chi connectivity index (χ1v) is 8.34. The molecule has 0 aliphatic carbocycles. The molecule has 0 radical (unpaired) electrons. The highest BCUT2D eigenvalue weighted by atomic mass is 19.1. The zero-order valence-corrected chi connectivity index (χ0v) is 14.0. The van der Waals surface area contributed by atoms with Gasteiger partial charge >= 0.3 is 0 Å². The molecule has 25 heavy (non-hydrogen) atoms. The summed E-state index contributed by atoms with van der Waals surface area (Å²) in [7, 11) is 0. The Labute approximate surface area is 145 Å². The Hall–Kier alpha value is -2.66. The molecule has 2 heterocycles. The van der Waals surface area contributed by atoms with Crippen molar-refractivity contribution in [3.63, 3.8) is 0 Å². The summed E-state index contributed by atoms with van der Waals surface area (Å²) in [4.78, 5) is 6.87. The van der Waals surface area contributed by atoms with Gasteiger partial charge in [-0.05, 0) is 31.2 Å². The summed E-state index contributed by atoms with van der Waals surface area (Å²) in [5.41, 5.74) is 2.70. The van der Waals surface area contributed by atoms with Gasteiger partial charge in [0.2, 0.25) is 5.89 Å². The van der Waals surface area contributed by atoms with Gasteiger partial charge in [0.15, 0.2) is 0 Å². The number of halogens is 1. The molecule has 0 unspecified atom stereocenters. The number of aryl methyl sites for hydroxylation is 1. The number of nitrogens with zero attached hydrogens (tertiary/aromatic N) is 2. The van der Waals surface area contributed by atoms with Crippen molar-refractivity contribution in [2.24, 2.45) is 0 Å². The Morgan fingerprint density at radius 2 is 2.04 bits per heavy atom. The predicted molar refractivity (Wildman–Crippen MR) is 92.7 cm³/mol. The average molecular weight is 338 g/mol. The van der Waals surface area contributed by atoms with Crippen LogP contribution in [0.15, 0.2) is 52.9 Å². The van der Waals surface area contributed by atoms with Crippen LogP contribution in [-0.4, -0.2) is 23.0 Å². The van der Waals surface area contributed by atoms with E-state index in [-0.39, 0.29) is 5.82 Å². The molecule has 5 heteroatoms. The molecule has 0 bridgehead atoms. The maximum atomic E-state index is 13.4. The van der Waals surface area contributed by atoms with Crippen molar-refractivity contribution in [3.8, 4) is 17.2 Å². The molecule has 0 N–H and O–H groups in total. The van der Waals surface area contributed by atoms with Gasteiger partial charge in [0, 0.05) is 30.8 Å². The fraction of sp³-hybridized carbons (Fsp3) is 0.250. The van der Waals surface area contributed by atoms with Gasteiger partial charge in [0.25, 0.3) is 0 Å². The molecule has 0 atom stereocenters. The lowest BCUT2D eigenvalue weighted by Gasteiger charge is -2.17. The molecule has 0 saturated heterocycles. The van der Waals surface area contributed by atoms with Gasteiger partial charge in [0.05, 0.1) is 5.69 Å². The number of rotatable bonds is 3. The molecular weight excluding hydrogens is 319 g/mol. The molecule has 0 amide bonds. The first-order chi connectivity index (χ1) is 12.2. The van der Waals surface area contributed by atoms with Crippen molar-refractivity contribution in [3.05, 3.63) is 71.4 Å². The van der Waals surface area contributed by atoms with Crippen LogP contribution in [0.2, 0.25) is 0 Å². The van der Waals surface area contributed by atoms with Crippen molar-refractivity contribution in [1.82, 2.24) is 9.88 Å². The lowest BCUT2D eigenvalue weighted by molar-refractivity contribution is 0.217. The molecule has 2 aromatic carbocycles. The quantitative estimate of drug-likeness (QED) is 0.718. The first kappa shape index (κ1) is 15.8. The van der Waals surface area contributed by atoms with E-state index in [0.29, 0.717) is 24.6 Å². The van der Waals surface area contributed by atoms with E-state index in [1.807, 2.05) is 25.1 Å². The van der Waals surface area contributed by atoms with Crippen LogP contribution >= 0.6 is 0 Å². The molecule has 4 nitrogen and oxygen atoms in total. The van der Waals surface area contributed by atoms with Gasteiger partial charge in [-0.3, -0.25) is 4.90 Å². The number of fused-ring (bicyclic) bond motifs is 1. The number of para-hydroxylation sites is 1. The Bertz CT molecular complexity index is 891. The van der Waals surface area contributed by atoms with Crippen LogP contribution in [0, 0.1) is 12.7 Å². The summed E-state index contributed by atoms with van der Waals surface area (Å²) < 4.78 is 25.0. The van der Waals surface area contributed by atoms with E-state index in [4.69, 9.17) is 9.15 Å². The molecule has 128 valence electrons. The summed E-state index contributed by atoms with van der Waals surface area (Å²) >= 11 is 0. The van der Waals surface area contributed by atoms with Gasteiger partial charge in [-0.25, -0.2) is 9.37 Å². The van der Waals surface area contributed by atoms with Crippen LogP contribution in [-0.2, 0) is 13.1 Å². The summed E-state index contributed by atoms with van der Waals surface area (Å²) in [5.74, 6) is 1.87. The molecule has 1 aliphatic heterocycles. The zero-order valence-electron chi connectivity index (χ0n) is 14.0. The number of benzene rings is 2. The Balaban J connectivity index is 1.55. The van der Waals surface area contributed by atoms with Crippen LogP contribution in [0.25, 0.3) is 11.5 Å². The second-order valence-electron chi connectivity index (χ2n) is 6.20. The average Bonchev–Trinajstić information content (AvgIpc) is 2.85. The van der Waals surface area contributed by atoms with Gasteiger partial charge in [-0.15, -0.1) is 0 Å². The van der Waals surface area contributed by atoms with Crippen molar-refractivity contribution < 1.29 is 13.5 Å². The first-order valence-electron chi connectivity index (χ1n) is 8.34. The second-order valence-corrected chi connectivity index (χ2v) is 6.20. The number of ether oxygens (including phenoxy) is 1. The number of hydrogen-bond acceptors (Lipinski definition) is 4. The summed E-state index contributed by atoms with van der Waals surface area (Å²) in [6.45, 7) is 4.83. The fourth-order valence-electron chi connectivity index (χ4n) is 3.05. The van der Waals surface area contributed by atoms with Gasteiger partial charge < -0.3 is 9.15 Å². The maximum absolute atomic E-state index is 13.4. The van der Waals surface area contributed by atoms with Crippen molar-refractivity contribution in [2.75, 3.05) is 13.2 Å². The standard InChI is InChI=1S/C20H19FN2O2/c1-14-18(22-20(25-14)15-6-4-7-17(21)11-15)13-23-9-10-24-19-8-3-2-5-16(19)12-23/h2-8,11H,9-10,12-13H2,1H3. The molecule has 1 aromatic heterocycles. The largest absolute Gasteiger partial charge is 0.492 e. The highest BCUT2D eigenvalue weighted by molar-refractivity contribution is 5.53. The lowest BCUT2D eigenvalue weighted by Crippen LogP contribution is -2.25. The van der Waals surface area contributed by atoms with Crippen molar-refractivity contribution in [1.29, 1.82) is 0 Å². The molecular formula is C20H19FN2O2. The van der Waals surface area contributed by atoms with Crippen LogP contribution in [0.1, 0.15) is 17.0 Å². The SMILES string of the molecule is Cc1oc(-c2cccc(F)c2)nc1CN1CCOc2ccccc2C1. The van der Waals surface area contributed by atoms with Crippen LogP contribution in [0.5, 0.6) is 5.75 Å². The van der Waals surface area contributed by atoms with Crippen molar-refractivity contribution in [2.45, 2.75) is 20.0 Å². The third-order valence-corrected chi connectivity index (χ3v) is 4.37. The van der Waals surface area contributed by atoms with Crippen LogP contribution in [0.4, 0.5) is 4.39 Å². The summed E-state index contributed by atoms with van der Waals surface area (Å²) in [6.07, 6.45) is 0. The summed E-state index contributed by atoms with van der Waals surface area (Å²) in [6, 6.07) is 14.4. The van der Waals surface area contributed by atoms with Gasteiger partial charge in [0.1, 0.15) is 23.9 Å². The third-order valence-electron chi connectivity index (χ3n) is 4.37. The predicted octanol–water partition coefficient (Wildman–Crippen LogP) is 4.18. The molecule has 1 aliphatic rings. The minimum atomic E-state index is -0.295. The number of hydrogen-bond donors (Lipinski definition) is 0. The topological polar surface area (TPSA) is 38.5 Å². The minimum absolute atomic E-state index is 0.295. The van der Waals surface area contributed by atoms with E-state index >= 15 is 0 Å². The smallest absolute Gasteiger partial charge is 0.226 e. The number of aromatic nitrogens is 1. The van der Waals surface area contributed by atoms with E-state index in [1.165, 1.54) is 17.7 Å². The fourth-order valence-corrected chi connectivity index (χ4v) is 3.05. The third kappa shape index (κ3) is 3.42. The molecule has 0 fully saturated rings. The normalized spacial score (nSPS) is 14.6. The van der Waals surface area contributed by atoms with Crippen LogP contribution < -0.4 is 4.74 Å². The highest BCUT2D eigenvalue weighted by Gasteiger charge is 2.19. The van der Waals surface area contributed by atoms with E-state index in [0.717, 1.165) is 30.3 Å². The van der Waals surface area contributed by atoms with Gasteiger partial charge in [-0.1, -0.05) is 24.3 Å². The Morgan fingerprint density at radius 1 is 1.16 bits per heavy atom. The molecule has 0 saturated carbocycles. The van der Waals surface area contributed by atoms with E-state index in [2.05, 4.69) is 16.0 Å². The van der Waals surface area contributed by atoms with Crippen LogP contribution in [0.3, 0.4) is 0 Å². The van der Waals surface area contributed by atoms with E-state index < -0.39 is 0 Å². The molecule has 4 rings (SSSR count). The zero-order chi connectivity index (χ0) is 17.2. The Morgan fingerprint density at radius 3 is 2.92 bits per heavy atom. The molecule has 3 aromatic rings. The van der Waals surface area contributed by atoms with Gasteiger partial charge in [-0.2, -0.15) is 0 Å². The monoisotopic (exact) mass is 338 g/mol. The Kier molecular flexibility index (Phi) is 4.24. The van der Waals surface area contributed by atoms with Crippen molar-refractivity contribution >= 4 is 0 Å². The highest BCUT2D eigenvalue weighted by Crippen LogP contribution is 2.26. The second kappa shape index (κ2) is 6.69. The molecule has 0 spiro atoms. The lowest BCUT2D eigenvalue weighted by atomic mass is 10.2. The van der Waals surface area contributed by atoms with E-state index in [9.17, 15) is 4.39 Å². The maximum Gasteiger partial charge on any atom is 0.226 e. The minimum Gasteiger partial charge on any atom is -0.492 e. The van der Waals surface area contributed by atoms with E-state index in [1.54, 1.807) is 12.1 Å². The number of oxazole rings is 1. The summed E-state index contributed by atoms with van der Waals surface area (Å²) in [5, 5.41) is 0.